The van der Waals surface area contributed by atoms with Crippen molar-refractivity contribution in [1.82, 2.24) is 9.55 Å². The third-order valence-corrected chi connectivity index (χ3v) is 3.66. The molecule has 0 aliphatic carbocycles. The van der Waals surface area contributed by atoms with Gasteiger partial charge < -0.3 is 19.4 Å². The van der Waals surface area contributed by atoms with Gasteiger partial charge >= 0.3 is 0 Å². The van der Waals surface area contributed by atoms with Gasteiger partial charge in [-0.25, -0.2) is 4.98 Å². The standard InChI is InChI=1S/C16H21N3O2/c1-11-8-19(16(17-11)18-12(2)9-20-3)14-10-21-15-7-5-4-6-13(14)15/h4-8,12,14H,9-10H2,1-3H3,(H,17,18). The van der Waals surface area contributed by atoms with E-state index in [9.17, 15) is 0 Å². The van der Waals surface area contributed by atoms with Gasteiger partial charge in [0.25, 0.3) is 0 Å². The van der Waals surface area contributed by atoms with E-state index in [1.165, 1.54) is 5.56 Å². The lowest BCUT2D eigenvalue weighted by atomic mass is 10.1. The summed E-state index contributed by atoms with van der Waals surface area (Å²) in [5, 5.41) is 3.41. The van der Waals surface area contributed by atoms with Gasteiger partial charge in [0, 0.05) is 24.9 Å². The highest BCUT2D eigenvalue weighted by atomic mass is 16.5. The molecule has 1 aromatic carbocycles. The summed E-state index contributed by atoms with van der Waals surface area (Å²) >= 11 is 0. The molecule has 2 atom stereocenters. The molecule has 0 spiro atoms. The van der Waals surface area contributed by atoms with E-state index < -0.39 is 0 Å². The minimum absolute atomic E-state index is 0.166. The van der Waals surface area contributed by atoms with Crippen LogP contribution in [0.3, 0.4) is 0 Å². The molecule has 5 nitrogen and oxygen atoms in total. The number of nitrogens with one attached hydrogen (secondary N) is 1. The molecule has 2 unspecified atom stereocenters. The number of methoxy groups -OCH3 is 1. The number of hydrogen-bond donors (Lipinski definition) is 1. The van der Waals surface area contributed by atoms with Crippen molar-refractivity contribution in [3.8, 4) is 5.75 Å². The van der Waals surface area contributed by atoms with Crippen molar-refractivity contribution in [2.24, 2.45) is 0 Å². The summed E-state index contributed by atoms with van der Waals surface area (Å²) in [7, 11) is 1.71. The van der Waals surface area contributed by atoms with Gasteiger partial charge in [-0.3, -0.25) is 0 Å². The normalized spacial score (nSPS) is 18.1. The fourth-order valence-corrected chi connectivity index (χ4v) is 2.75. The number of benzene rings is 1. The number of anilines is 1. The van der Waals surface area contributed by atoms with Crippen LogP contribution in [0.15, 0.2) is 30.5 Å². The Balaban J connectivity index is 1.89. The number of para-hydroxylation sites is 1. The average Bonchev–Trinajstić information content (AvgIpc) is 3.02. The SMILES string of the molecule is COCC(C)Nc1nc(C)cn1C1COc2ccccc21. The Labute approximate surface area is 124 Å². The van der Waals surface area contributed by atoms with Crippen LogP contribution in [-0.2, 0) is 4.74 Å². The van der Waals surface area contributed by atoms with Gasteiger partial charge in [-0.2, -0.15) is 0 Å². The quantitative estimate of drug-likeness (QED) is 0.918. The maximum Gasteiger partial charge on any atom is 0.204 e. The van der Waals surface area contributed by atoms with Crippen LogP contribution in [0.2, 0.25) is 0 Å². The van der Waals surface area contributed by atoms with E-state index in [1.807, 2.05) is 25.1 Å². The van der Waals surface area contributed by atoms with Gasteiger partial charge in [0.15, 0.2) is 0 Å². The molecule has 2 heterocycles. The molecule has 0 saturated carbocycles. The first-order valence-electron chi connectivity index (χ1n) is 7.21. The van der Waals surface area contributed by atoms with Crippen LogP contribution < -0.4 is 10.1 Å². The molecule has 3 rings (SSSR count). The minimum atomic E-state index is 0.166. The van der Waals surface area contributed by atoms with Gasteiger partial charge in [0.05, 0.1) is 18.3 Å². The molecule has 21 heavy (non-hydrogen) atoms. The van der Waals surface area contributed by atoms with Crippen molar-refractivity contribution in [1.29, 1.82) is 0 Å². The van der Waals surface area contributed by atoms with E-state index in [-0.39, 0.29) is 12.1 Å². The molecule has 1 aromatic heterocycles. The van der Waals surface area contributed by atoms with Crippen LogP contribution in [-0.4, -0.2) is 35.9 Å². The van der Waals surface area contributed by atoms with Crippen LogP contribution >= 0.6 is 0 Å². The Morgan fingerprint density at radius 2 is 2.29 bits per heavy atom. The van der Waals surface area contributed by atoms with E-state index in [0.717, 1.165) is 17.4 Å². The summed E-state index contributed by atoms with van der Waals surface area (Å²) < 4.78 is 13.1. The number of aryl methyl sites for hydroxylation is 1. The summed E-state index contributed by atoms with van der Waals surface area (Å²) in [4.78, 5) is 4.59. The second-order valence-corrected chi connectivity index (χ2v) is 5.48. The molecule has 112 valence electrons. The van der Waals surface area contributed by atoms with Gasteiger partial charge in [-0.05, 0) is 19.9 Å². The molecule has 0 fully saturated rings. The fraction of sp³-hybridized carbons (Fsp3) is 0.438. The Morgan fingerprint density at radius 3 is 3.10 bits per heavy atom. The molecule has 0 amide bonds. The van der Waals surface area contributed by atoms with E-state index >= 15 is 0 Å². The Morgan fingerprint density at radius 1 is 1.48 bits per heavy atom. The summed E-state index contributed by atoms with van der Waals surface area (Å²) in [5.41, 5.74) is 2.20. The maximum absolute atomic E-state index is 5.78. The highest BCUT2D eigenvalue weighted by Gasteiger charge is 2.27. The van der Waals surface area contributed by atoms with Crippen molar-refractivity contribution < 1.29 is 9.47 Å². The average molecular weight is 287 g/mol. The molecule has 0 radical (unpaired) electrons. The Hall–Kier alpha value is -2.01. The molecule has 1 aliphatic heterocycles. The van der Waals surface area contributed by atoms with Crippen LogP contribution in [0.1, 0.15) is 24.2 Å². The van der Waals surface area contributed by atoms with Crippen molar-refractivity contribution in [3.05, 3.63) is 41.7 Å². The zero-order valence-corrected chi connectivity index (χ0v) is 12.7. The number of hydrogen-bond acceptors (Lipinski definition) is 4. The van der Waals surface area contributed by atoms with Crippen molar-refractivity contribution in [2.45, 2.75) is 25.9 Å². The Bertz CT molecular complexity index is 624. The number of ether oxygens (including phenoxy) is 2. The number of nitrogens with zero attached hydrogens (tertiary/aromatic N) is 2. The van der Waals surface area contributed by atoms with Gasteiger partial charge in [0.2, 0.25) is 5.95 Å². The van der Waals surface area contributed by atoms with Crippen molar-refractivity contribution in [2.75, 3.05) is 25.6 Å². The van der Waals surface area contributed by atoms with E-state index in [1.54, 1.807) is 7.11 Å². The molecular formula is C16H21N3O2. The van der Waals surface area contributed by atoms with Crippen LogP contribution in [0.5, 0.6) is 5.75 Å². The first-order chi connectivity index (χ1) is 10.2. The van der Waals surface area contributed by atoms with Gasteiger partial charge in [-0.1, -0.05) is 18.2 Å². The molecule has 1 aliphatic rings. The summed E-state index contributed by atoms with van der Waals surface area (Å²) in [6, 6.07) is 8.54. The third kappa shape index (κ3) is 2.74. The summed E-state index contributed by atoms with van der Waals surface area (Å²) in [5.74, 6) is 1.83. The third-order valence-electron chi connectivity index (χ3n) is 3.66. The van der Waals surface area contributed by atoms with Crippen LogP contribution in [0.4, 0.5) is 5.95 Å². The second kappa shape index (κ2) is 5.77. The van der Waals surface area contributed by atoms with Crippen molar-refractivity contribution in [3.63, 3.8) is 0 Å². The first kappa shape index (κ1) is 13.9. The highest BCUT2D eigenvalue weighted by Crippen LogP contribution is 2.36. The number of aromatic nitrogens is 2. The van der Waals surface area contributed by atoms with Crippen molar-refractivity contribution >= 4 is 5.95 Å². The fourth-order valence-electron chi connectivity index (χ4n) is 2.75. The maximum atomic E-state index is 5.78. The predicted octanol–water partition coefficient (Wildman–Crippen LogP) is 2.62. The number of fused-ring (bicyclic) bond motifs is 1. The van der Waals surface area contributed by atoms with Crippen LogP contribution in [0.25, 0.3) is 0 Å². The molecule has 1 N–H and O–H groups in total. The highest BCUT2D eigenvalue weighted by molar-refractivity contribution is 5.42. The lowest BCUT2D eigenvalue weighted by molar-refractivity contribution is 0.190. The zero-order chi connectivity index (χ0) is 14.8. The number of imidazole rings is 1. The second-order valence-electron chi connectivity index (χ2n) is 5.48. The monoisotopic (exact) mass is 287 g/mol. The molecule has 2 aromatic rings. The molecule has 5 heteroatoms. The first-order valence-corrected chi connectivity index (χ1v) is 7.21. The minimum Gasteiger partial charge on any atom is -0.491 e. The molecule has 0 saturated heterocycles. The number of rotatable bonds is 5. The topological polar surface area (TPSA) is 48.3 Å². The van der Waals surface area contributed by atoms with E-state index in [2.05, 4.69) is 34.1 Å². The Kier molecular flexibility index (Phi) is 3.84. The zero-order valence-electron chi connectivity index (χ0n) is 12.7. The largest absolute Gasteiger partial charge is 0.491 e. The lowest BCUT2D eigenvalue weighted by Gasteiger charge is -2.18. The smallest absolute Gasteiger partial charge is 0.204 e. The predicted molar refractivity (Wildman–Crippen MR) is 82.0 cm³/mol. The molecule has 0 bridgehead atoms. The van der Waals surface area contributed by atoms with E-state index in [0.29, 0.717) is 13.2 Å². The van der Waals surface area contributed by atoms with Crippen LogP contribution in [0, 0.1) is 6.92 Å². The summed E-state index contributed by atoms with van der Waals surface area (Å²) in [6.45, 7) is 5.37. The summed E-state index contributed by atoms with van der Waals surface area (Å²) in [6.07, 6.45) is 2.07. The van der Waals surface area contributed by atoms with Gasteiger partial charge in [-0.15, -0.1) is 0 Å². The van der Waals surface area contributed by atoms with E-state index in [4.69, 9.17) is 9.47 Å². The lowest BCUT2D eigenvalue weighted by Crippen LogP contribution is -2.24. The van der Waals surface area contributed by atoms with Gasteiger partial charge in [0.1, 0.15) is 12.4 Å². The molecular weight excluding hydrogens is 266 g/mol.